The second-order valence-corrected chi connectivity index (χ2v) is 6.36. The van der Waals surface area contributed by atoms with Gasteiger partial charge in [0.1, 0.15) is 6.10 Å². The van der Waals surface area contributed by atoms with Crippen molar-refractivity contribution in [2.24, 2.45) is 0 Å². The highest BCUT2D eigenvalue weighted by atomic mass is 16.6. The maximum Gasteiger partial charge on any atom is 0.107 e. The predicted molar refractivity (Wildman–Crippen MR) is 90.8 cm³/mol. The molecule has 1 aliphatic heterocycles. The van der Waals surface area contributed by atoms with Gasteiger partial charge in [0.05, 0.1) is 19.3 Å². The summed E-state index contributed by atoms with van der Waals surface area (Å²) in [7, 11) is 0. The predicted octanol–water partition coefficient (Wildman–Crippen LogP) is 5.66. The van der Waals surface area contributed by atoms with E-state index < -0.39 is 0 Å². The fourth-order valence-corrected chi connectivity index (χ4v) is 2.85. The normalized spacial score (nSPS) is 18.6. The first-order valence-corrected chi connectivity index (χ1v) is 9.22. The lowest BCUT2D eigenvalue weighted by Gasteiger charge is -2.14. The Kier molecular flexibility index (Phi) is 11.9. The number of ether oxygens (including phenoxy) is 2. The van der Waals surface area contributed by atoms with Crippen molar-refractivity contribution >= 4 is 0 Å². The Hall–Kier alpha value is -0.340. The van der Waals surface area contributed by atoms with Gasteiger partial charge in [-0.2, -0.15) is 0 Å². The minimum Gasteiger partial charge on any atom is -0.371 e. The third-order valence-electron chi connectivity index (χ3n) is 4.29. The molecule has 0 aromatic heterocycles. The van der Waals surface area contributed by atoms with Gasteiger partial charge in [-0.15, -0.1) is 6.58 Å². The molecule has 2 atom stereocenters. The first kappa shape index (κ1) is 18.7. The lowest BCUT2D eigenvalue weighted by Crippen LogP contribution is -2.19. The molecule has 1 saturated heterocycles. The Labute approximate surface area is 132 Å². The molecule has 1 fully saturated rings. The zero-order valence-electron chi connectivity index (χ0n) is 14.2. The SMILES string of the molecule is C=CCOC(CCCCCCCCCCCCC)C1CO1. The van der Waals surface area contributed by atoms with Crippen LogP contribution in [0.15, 0.2) is 12.7 Å². The highest BCUT2D eigenvalue weighted by Crippen LogP contribution is 2.22. The number of rotatable bonds is 16. The molecule has 2 heteroatoms. The van der Waals surface area contributed by atoms with Crippen LogP contribution in [0.2, 0.25) is 0 Å². The van der Waals surface area contributed by atoms with Crippen LogP contribution in [0.25, 0.3) is 0 Å². The topological polar surface area (TPSA) is 21.8 Å². The van der Waals surface area contributed by atoms with E-state index in [2.05, 4.69) is 13.5 Å². The molecule has 2 nitrogen and oxygen atoms in total. The Morgan fingerprint density at radius 3 is 2.00 bits per heavy atom. The maximum absolute atomic E-state index is 5.76. The van der Waals surface area contributed by atoms with Gasteiger partial charge in [0.15, 0.2) is 0 Å². The molecule has 1 aliphatic rings. The Balaban J connectivity index is 1.81. The van der Waals surface area contributed by atoms with Gasteiger partial charge in [-0.25, -0.2) is 0 Å². The van der Waals surface area contributed by atoms with Crippen molar-refractivity contribution < 1.29 is 9.47 Å². The third-order valence-corrected chi connectivity index (χ3v) is 4.29. The van der Waals surface area contributed by atoms with Gasteiger partial charge in [0.25, 0.3) is 0 Å². The molecule has 0 spiro atoms. The average molecular weight is 296 g/mol. The highest BCUT2D eigenvalue weighted by Gasteiger charge is 2.32. The van der Waals surface area contributed by atoms with Gasteiger partial charge < -0.3 is 9.47 Å². The van der Waals surface area contributed by atoms with E-state index in [1.165, 1.54) is 70.6 Å². The van der Waals surface area contributed by atoms with E-state index in [0.29, 0.717) is 18.8 Å². The molecule has 0 radical (unpaired) electrons. The molecule has 2 unspecified atom stereocenters. The summed E-state index contributed by atoms with van der Waals surface area (Å²) in [5, 5.41) is 0. The maximum atomic E-state index is 5.76. The van der Waals surface area contributed by atoms with Gasteiger partial charge in [-0.1, -0.05) is 83.6 Å². The summed E-state index contributed by atoms with van der Waals surface area (Å²) >= 11 is 0. The zero-order chi connectivity index (χ0) is 15.2. The first-order chi connectivity index (χ1) is 10.4. The van der Waals surface area contributed by atoms with Crippen LogP contribution in [-0.2, 0) is 9.47 Å². The summed E-state index contributed by atoms with van der Waals surface area (Å²) in [6, 6.07) is 0. The highest BCUT2D eigenvalue weighted by molar-refractivity contribution is 4.81. The van der Waals surface area contributed by atoms with Crippen molar-refractivity contribution in [1.29, 1.82) is 0 Å². The average Bonchev–Trinajstić information content (AvgIpc) is 3.32. The van der Waals surface area contributed by atoms with E-state index in [1.54, 1.807) is 0 Å². The van der Waals surface area contributed by atoms with E-state index in [9.17, 15) is 0 Å². The van der Waals surface area contributed by atoms with Gasteiger partial charge in [-0.3, -0.25) is 0 Å². The van der Waals surface area contributed by atoms with Crippen LogP contribution in [-0.4, -0.2) is 25.4 Å². The van der Waals surface area contributed by atoms with Crippen molar-refractivity contribution in [3.8, 4) is 0 Å². The smallest absolute Gasteiger partial charge is 0.107 e. The van der Waals surface area contributed by atoms with Crippen LogP contribution in [0.1, 0.15) is 84.0 Å². The van der Waals surface area contributed by atoms with Gasteiger partial charge in [0, 0.05) is 0 Å². The van der Waals surface area contributed by atoms with Crippen molar-refractivity contribution in [1.82, 2.24) is 0 Å². The molecular formula is C19H36O2. The quantitative estimate of drug-likeness (QED) is 0.208. The number of unbranched alkanes of at least 4 members (excludes halogenated alkanes) is 10. The summed E-state index contributed by atoms with van der Waals surface area (Å²) in [6.07, 6.45) is 19.0. The van der Waals surface area contributed by atoms with Crippen molar-refractivity contribution in [2.75, 3.05) is 13.2 Å². The van der Waals surface area contributed by atoms with Crippen molar-refractivity contribution in [3.05, 3.63) is 12.7 Å². The molecule has 1 heterocycles. The molecule has 0 N–H and O–H groups in total. The number of hydrogen-bond donors (Lipinski definition) is 0. The molecule has 124 valence electrons. The fourth-order valence-electron chi connectivity index (χ4n) is 2.85. The van der Waals surface area contributed by atoms with E-state index >= 15 is 0 Å². The molecule has 0 aromatic rings. The van der Waals surface area contributed by atoms with Crippen molar-refractivity contribution in [3.63, 3.8) is 0 Å². The number of epoxide rings is 1. The lowest BCUT2D eigenvalue weighted by molar-refractivity contribution is 0.0438. The Morgan fingerprint density at radius 1 is 1.00 bits per heavy atom. The standard InChI is InChI=1S/C19H36O2/c1-3-5-6-7-8-9-10-11-12-13-14-15-18(19-17-21-19)20-16-4-2/h4,18-19H,2-3,5-17H2,1H3. The summed E-state index contributed by atoms with van der Waals surface area (Å²) in [4.78, 5) is 0. The summed E-state index contributed by atoms with van der Waals surface area (Å²) < 4.78 is 11.1. The lowest BCUT2D eigenvalue weighted by atomic mass is 10.0. The monoisotopic (exact) mass is 296 g/mol. The Bertz CT molecular complexity index is 236. The van der Waals surface area contributed by atoms with Gasteiger partial charge in [0.2, 0.25) is 0 Å². The minimum atomic E-state index is 0.307. The second kappa shape index (κ2) is 13.3. The van der Waals surface area contributed by atoms with Crippen LogP contribution in [0, 0.1) is 0 Å². The molecule has 0 aliphatic carbocycles. The van der Waals surface area contributed by atoms with Crippen LogP contribution in [0.5, 0.6) is 0 Å². The van der Waals surface area contributed by atoms with E-state index in [0.717, 1.165) is 13.0 Å². The molecule has 0 aromatic carbocycles. The molecular weight excluding hydrogens is 260 g/mol. The summed E-state index contributed by atoms with van der Waals surface area (Å²) in [5.74, 6) is 0. The molecule has 0 amide bonds. The molecule has 1 rings (SSSR count). The third kappa shape index (κ3) is 11.0. The van der Waals surface area contributed by atoms with Crippen LogP contribution < -0.4 is 0 Å². The van der Waals surface area contributed by atoms with E-state index in [-0.39, 0.29) is 0 Å². The summed E-state index contributed by atoms with van der Waals surface area (Å²) in [6.45, 7) is 7.53. The zero-order valence-corrected chi connectivity index (χ0v) is 14.2. The van der Waals surface area contributed by atoms with Crippen LogP contribution in [0.3, 0.4) is 0 Å². The molecule has 21 heavy (non-hydrogen) atoms. The molecule has 0 bridgehead atoms. The molecule has 0 saturated carbocycles. The van der Waals surface area contributed by atoms with Gasteiger partial charge >= 0.3 is 0 Å². The second-order valence-electron chi connectivity index (χ2n) is 6.36. The largest absolute Gasteiger partial charge is 0.371 e. The van der Waals surface area contributed by atoms with Crippen molar-refractivity contribution in [2.45, 2.75) is 96.2 Å². The minimum absolute atomic E-state index is 0.307. The van der Waals surface area contributed by atoms with Crippen LogP contribution >= 0.6 is 0 Å². The Morgan fingerprint density at radius 2 is 1.52 bits per heavy atom. The number of hydrogen-bond acceptors (Lipinski definition) is 2. The fraction of sp³-hybridized carbons (Fsp3) is 0.895. The van der Waals surface area contributed by atoms with Gasteiger partial charge in [-0.05, 0) is 6.42 Å². The van der Waals surface area contributed by atoms with E-state index in [4.69, 9.17) is 9.47 Å². The van der Waals surface area contributed by atoms with E-state index in [1.807, 2.05) is 6.08 Å². The first-order valence-electron chi connectivity index (χ1n) is 9.22. The summed E-state index contributed by atoms with van der Waals surface area (Å²) in [5.41, 5.74) is 0. The van der Waals surface area contributed by atoms with Crippen LogP contribution in [0.4, 0.5) is 0 Å².